The molecule has 4 aliphatic carbocycles. The zero-order valence-corrected chi connectivity index (χ0v) is 23.1. The standard InChI is InChI=1S/C28H38O10/c1-12-17-9-28(24(12)34)10-18(33)22-26(6,7)25(38-16(5)32)19(35-13(2)29)11-27(22,8)23(28)21(37-15(4)31)20(17)36-14(3)30/h17-23,25,33H,1,9-11H2,2-8H3/t17-,18-,19+,20+,21+,22-,23+,25+,27-,28+/m1/s1. The summed E-state index contributed by atoms with van der Waals surface area (Å²) in [5.74, 6) is -4.36. The third-order valence-electron chi connectivity index (χ3n) is 9.53. The van der Waals surface area contributed by atoms with Gasteiger partial charge in [0.25, 0.3) is 0 Å². The van der Waals surface area contributed by atoms with E-state index in [0.717, 1.165) is 0 Å². The predicted molar refractivity (Wildman–Crippen MR) is 131 cm³/mol. The number of hydrogen-bond donors (Lipinski definition) is 1. The van der Waals surface area contributed by atoms with Crippen LogP contribution in [-0.4, -0.2) is 65.3 Å². The minimum Gasteiger partial charge on any atom is -0.459 e. The quantitative estimate of drug-likeness (QED) is 0.324. The maximum Gasteiger partial charge on any atom is 0.303 e. The van der Waals surface area contributed by atoms with Gasteiger partial charge in [0.2, 0.25) is 0 Å². The molecule has 0 aliphatic heterocycles. The first-order valence-corrected chi connectivity index (χ1v) is 13.1. The summed E-state index contributed by atoms with van der Waals surface area (Å²) in [6.07, 6.45) is -4.19. The van der Waals surface area contributed by atoms with Crippen molar-refractivity contribution in [1.82, 2.24) is 0 Å². The van der Waals surface area contributed by atoms with Crippen LogP contribution in [0.5, 0.6) is 0 Å². The molecule has 4 aliphatic rings. The number of carbonyl (C=O) groups excluding carboxylic acids is 5. The number of ketones is 1. The molecule has 4 rings (SSSR count). The van der Waals surface area contributed by atoms with E-state index in [2.05, 4.69) is 6.58 Å². The van der Waals surface area contributed by atoms with E-state index in [4.69, 9.17) is 18.9 Å². The average molecular weight is 535 g/mol. The van der Waals surface area contributed by atoms with Gasteiger partial charge in [-0.3, -0.25) is 24.0 Å². The molecule has 4 saturated carbocycles. The van der Waals surface area contributed by atoms with Crippen LogP contribution in [0.15, 0.2) is 12.2 Å². The van der Waals surface area contributed by atoms with Crippen molar-refractivity contribution in [2.75, 3.05) is 0 Å². The van der Waals surface area contributed by atoms with E-state index in [1.807, 2.05) is 20.8 Å². The van der Waals surface area contributed by atoms with Crippen molar-refractivity contribution in [1.29, 1.82) is 0 Å². The van der Waals surface area contributed by atoms with Crippen molar-refractivity contribution in [3.63, 3.8) is 0 Å². The maximum absolute atomic E-state index is 14.0. The van der Waals surface area contributed by atoms with Gasteiger partial charge < -0.3 is 24.1 Å². The summed E-state index contributed by atoms with van der Waals surface area (Å²) in [5.41, 5.74) is -2.72. The lowest BCUT2D eigenvalue weighted by atomic mass is 9.38. The van der Waals surface area contributed by atoms with Gasteiger partial charge in [-0.1, -0.05) is 27.4 Å². The molecular formula is C28H38O10. The van der Waals surface area contributed by atoms with Crippen LogP contribution in [-0.2, 0) is 42.9 Å². The summed E-state index contributed by atoms with van der Waals surface area (Å²) in [6.45, 7) is 14.6. The van der Waals surface area contributed by atoms with E-state index in [0.29, 0.717) is 0 Å². The highest BCUT2D eigenvalue weighted by molar-refractivity contribution is 6.03. The van der Waals surface area contributed by atoms with E-state index in [1.54, 1.807) is 0 Å². The molecule has 10 heteroatoms. The SMILES string of the molecule is C=C1C(=O)[C@@]23C[C@@H](O)[C@@H]4C(C)(C)[C@@H](OC(C)=O)[C@@H](OC(C)=O)C[C@@]4(C)[C@@H]2[C@@H](OC(C)=O)[C@@H](OC(C)=O)[C@@H]1C3. The van der Waals surface area contributed by atoms with Gasteiger partial charge in [-0.05, 0) is 36.2 Å². The first-order chi connectivity index (χ1) is 17.5. The summed E-state index contributed by atoms with van der Waals surface area (Å²) in [7, 11) is 0. The molecule has 0 aromatic heterocycles. The van der Waals surface area contributed by atoms with Crippen molar-refractivity contribution >= 4 is 29.7 Å². The lowest BCUT2D eigenvalue weighted by Gasteiger charge is -2.67. The van der Waals surface area contributed by atoms with Crippen molar-refractivity contribution in [2.45, 2.75) is 98.2 Å². The number of hydrogen-bond acceptors (Lipinski definition) is 10. The molecule has 2 bridgehead atoms. The summed E-state index contributed by atoms with van der Waals surface area (Å²) in [5, 5.41) is 11.7. The molecule has 10 nitrogen and oxygen atoms in total. The molecule has 1 N–H and O–H groups in total. The minimum absolute atomic E-state index is 0.0886. The Morgan fingerprint density at radius 3 is 1.84 bits per heavy atom. The van der Waals surface area contributed by atoms with Gasteiger partial charge in [0, 0.05) is 50.4 Å². The topological polar surface area (TPSA) is 143 Å². The lowest BCUT2D eigenvalue weighted by molar-refractivity contribution is -0.280. The Kier molecular flexibility index (Phi) is 6.82. The van der Waals surface area contributed by atoms with Gasteiger partial charge in [0.05, 0.1) is 6.10 Å². The summed E-state index contributed by atoms with van der Waals surface area (Å²) in [6, 6.07) is 0. The zero-order chi connectivity index (χ0) is 28.5. The van der Waals surface area contributed by atoms with Crippen LogP contribution >= 0.6 is 0 Å². The van der Waals surface area contributed by atoms with Crippen LogP contribution in [0.3, 0.4) is 0 Å². The molecule has 1 spiro atoms. The van der Waals surface area contributed by atoms with Crippen LogP contribution in [0.1, 0.15) is 67.7 Å². The first-order valence-electron chi connectivity index (χ1n) is 13.1. The Hall–Kier alpha value is -2.75. The maximum atomic E-state index is 14.0. The molecule has 0 unspecified atom stereocenters. The molecule has 0 heterocycles. The lowest BCUT2D eigenvalue weighted by Crippen LogP contribution is -2.72. The number of esters is 4. The Balaban J connectivity index is 1.95. The number of aliphatic hydroxyl groups is 1. The summed E-state index contributed by atoms with van der Waals surface area (Å²) in [4.78, 5) is 62.8. The Bertz CT molecular complexity index is 1090. The van der Waals surface area contributed by atoms with Gasteiger partial charge in [-0.15, -0.1) is 0 Å². The van der Waals surface area contributed by atoms with Crippen LogP contribution < -0.4 is 0 Å². The fourth-order valence-corrected chi connectivity index (χ4v) is 9.03. The molecule has 0 saturated heterocycles. The van der Waals surface area contributed by atoms with Gasteiger partial charge in [0.15, 0.2) is 5.78 Å². The number of aliphatic hydroxyl groups excluding tert-OH is 1. The number of Topliss-reactive ketones (excluding diaryl/α,β-unsaturated/α-hetero) is 1. The van der Waals surface area contributed by atoms with Crippen molar-refractivity contribution in [3.05, 3.63) is 12.2 Å². The van der Waals surface area contributed by atoms with E-state index in [-0.39, 0.29) is 30.6 Å². The summed E-state index contributed by atoms with van der Waals surface area (Å²) >= 11 is 0. The molecule has 210 valence electrons. The smallest absolute Gasteiger partial charge is 0.303 e. The van der Waals surface area contributed by atoms with Crippen LogP contribution in [0.2, 0.25) is 0 Å². The Labute approximate surface area is 222 Å². The molecule has 0 amide bonds. The molecule has 10 atom stereocenters. The van der Waals surface area contributed by atoms with E-state index in [1.165, 1.54) is 27.7 Å². The second-order valence-corrected chi connectivity index (χ2v) is 12.4. The number of ether oxygens (including phenoxy) is 4. The Morgan fingerprint density at radius 1 is 0.789 bits per heavy atom. The van der Waals surface area contributed by atoms with Crippen LogP contribution in [0.25, 0.3) is 0 Å². The summed E-state index contributed by atoms with van der Waals surface area (Å²) < 4.78 is 23.0. The molecule has 0 aromatic rings. The van der Waals surface area contributed by atoms with Gasteiger partial charge in [-0.2, -0.15) is 0 Å². The second kappa shape index (κ2) is 9.17. The molecule has 0 aromatic carbocycles. The van der Waals surface area contributed by atoms with Crippen LogP contribution in [0.4, 0.5) is 0 Å². The highest BCUT2D eigenvalue weighted by Crippen LogP contribution is 2.72. The monoisotopic (exact) mass is 534 g/mol. The van der Waals surface area contributed by atoms with Gasteiger partial charge in [0.1, 0.15) is 24.4 Å². The predicted octanol–water partition coefficient (Wildman–Crippen LogP) is 2.29. The van der Waals surface area contributed by atoms with Crippen LogP contribution in [0, 0.1) is 34.0 Å². The second-order valence-electron chi connectivity index (χ2n) is 12.4. The number of rotatable bonds is 4. The zero-order valence-electron chi connectivity index (χ0n) is 23.1. The highest BCUT2D eigenvalue weighted by atomic mass is 16.6. The first kappa shape index (κ1) is 28.3. The normalized spacial score (nSPS) is 42.8. The largest absolute Gasteiger partial charge is 0.459 e. The van der Waals surface area contributed by atoms with Gasteiger partial charge in [-0.25, -0.2) is 0 Å². The average Bonchev–Trinajstić information content (AvgIpc) is 2.94. The van der Waals surface area contributed by atoms with Crippen molar-refractivity contribution in [3.8, 4) is 0 Å². The van der Waals surface area contributed by atoms with Gasteiger partial charge >= 0.3 is 23.9 Å². The third kappa shape index (κ3) is 4.06. The van der Waals surface area contributed by atoms with Crippen molar-refractivity contribution < 1.29 is 48.0 Å². The minimum atomic E-state index is -1.12. The third-order valence-corrected chi connectivity index (χ3v) is 9.53. The van der Waals surface area contributed by atoms with E-state index >= 15 is 0 Å². The molecular weight excluding hydrogens is 496 g/mol. The molecule has 0 radical (unpaired) electrons. The fraction of sp³-hybridized carbons (Fsp3) is 0.750. The number of carbonyl (C=O) groups is 5. The number of fused-ring (bicyclic) bond motifs is 3. The van der Waals surface area contributed by atoms with E-state index in [9.17, 15) is 29.1 Å². The molecule has 38 heavy (non-hydrogen) atoms. The molecule has 4 fully saturated rings. The highest BCUT2D eigenvalue weighted by Gasteiger charge is 2.76. The fourth-order valence-electron chi connectivity index (χ4n) is 9.03. The van der Waals surface area contributed by atoms with E-state index < -0.39 is 88.4 Å². The van der Waals surface area contributed by atoms with Crippen molar-refractivity contribution in [2.24, 2.45) is 34.0 Å². The Morgan fingerprint density at radius 2 is 1.32 bits per heavy atom.